The molecule has 0 saturated heterocycles. The van der Waals surface area contributed by atoms with Gasteiger partial charge in [-0.1, -0.05) is 12.1 Å². The number of benzene rings is 2. The van der Waals surface area contributed by atoms with Gasteiger partial charge in [0.15, 0.2) is 0 Å². The summed E-state index contributed by atoms with van der Waals surface area (Å²) in [5, 5.41) is 15.7. The van der Waals surface area contributed by atoms with Gasteiger partial charge in [-0.15, -0.1) is 0 Å². The smallest absolute Gasteiger partial charge is 0.273 e. The lowest BCUT2D eigenvalue weighted by Gasteiger charge is -2.07. The fraction of sp³-hybridized carbons (Fsp3) is 0.125. The van der Waals surface area contributed by atoms with Crippen LogP contribution in [-0.4, -0.2) is 23.3 Å². The number of carbonyl (C=O) groups excluding carboxylic acids is 2. The number of carbonyl (C=O) groups is 2. The van der Waals surface area contributed by atoms with Gasteiger partial charge in [0.05, 0.1) is 11.5 Å². The molecule has 0 unspecified atom stereocenters. The third-order valence-corrected chi connectivity index (χ3v) is 3.19. The predicted octanol–water partition coefficient (Wildman–Crippen LogP) is 2.41. The molecule has 124 valence electrons. The van der Waals surface area contributed by atoms with Crippen LogP contribution in [0.4, 0.5) is 15.8 Å². The van der Waals surface area contributed by atoms with Crippen LogP contribution in [0.3, 0.4) is 0 Å². The summed E-state index contributed by atoms with van der Waals surface area (Å²) in [7, 11) is 0. The minimum Gasteiger partial charge on any atom is -0.343 e. The number of nitro benzene ring substituents is 1. The zero-order valence-electron chi connectivity index (χ0n) is 12.7. The molecule has 0 spiro atoms. The van der Waals surface area contributed by atoms with E-state index >= 15 is 0 Å². The molecule has 0 bridgehead atoms. The molecule has 24 heavy (non-hydrogen) atoms. The molecule has 0 aliphatic carbocycles. The Balaban J connectivity index is 1.96. The highest BCUT2D eigenvalue weighted by molar-refractivity contribution is 5.99. The molecule has 2 aromatic carbocycles. The topological polar surface area (TPSA) is 101 Å². The van der Waals surface area contributed by atoms with Crippen LogP contribution in [0.2, 0.25) is 0 Å². The van der Waals surface area contributed by atoms with Crippen molar-refractivity contribution < 1.29 is 18.9 Å². The summed E-state index contributed by atoms with van der Waals surface area (Å²) in [5.41, 5.74) is 0.596. The summed E-state index contributed by atoms with van der Waals surface area (Å²) >= 11 is 0. The van der Waals surface area contributed by atoms with Crippen LogP contribution in [0.15, 0.2) is 42.5 Å². The largest absolute Gasteiger partial charge is 0.343 e. The Kier molecular flexibility index (Phi) is 5.20. The Morgan fingerprint density at radius 1 is 1.21 bits per heavy atom. The highest BCUT2D eigenvalue weighted by Gasteiger charge is 2.15. The van der Waals surface area contributed by atoms with Crippen LogP contribution < -0.4 is 10.6 Å². The summed E-state index contributed by atoms with van der Waals surface area (Å²) in [5.74, 6) is -1.66. The predicted molar refractivity (Wildman–Crippen MR) is 85.2 cm³/mol. The van der Waals surface area contributed by atoms with Crippen LogP contribution in [0, 0.1) is 22.9 Å². The molecule has 0 heterocycles. The minimum atomic E-state index is -0.618. The van der Waals surface area contributed by atoms with Gasteiger partial charge in [0.2, 0.25) is 5.91 Å². The molecule has 0 aromatic heterocycles. The van der Waals surface area contributed by atoms with Gasteiger partial charge >= 0.3 is 0 Å². The number of nitrogens with zero attached hydrogens (tertiary/aromatic N) is 1. The second-order valence-corrected chi connectivity index (χ2v) is 5.00. The molecule has 8 heteroatoms. The Morgan fingerprint density at radius 3 is 2.62 bits per heavy atom. The number of nitrogens with one attached hydrogen (secondary N) is 2. The molecule has 0 aliphatic heterocycles. The lowest BCUT2D eigenvalue weighted by molar-refractivity contribution is -0.385. The van der Waals surface area contributed by atoms with Gasteiger partial charge in [-0.3, -0.25) is 19.7 Å². The third kappa shape index (κ3) is 4.35. The van der Waals surface area contributed by atoms with E-state index in [1.165, 1.54) is 30.3 Å². The first-order valence-electron chi connectivity index (χ1n) is 6.95. The lowest BCUT2D eigenvalue weighted by atomic mass is 10.1. The number of hydrogen-bond acceptors (Lipinski definition) is 4. The highest BCUT2D eigenvalue weighted by atomic mass is 19.1. The number of rotatable bonds is 5. The van der Waals surface area contributed by atoms with Crippen LogP contribution in [0.5, 0.6) is 0 Å². The molecule has 0 aliphatic rings. The number of hydrogen-bond donors (Lipinski definition) is 2. The maximum absolute atomic E-state index is 13.0. The molecule has 2 N–H and O–H groups in total. The van der Waals surface area contributed by atoms with Crippen molar-refractivity contribution in [2.45, 2.75) is 6.92 Å². The number of anilines is 1. The van der Waals surface area contributed by atoms with Crippen LogP contribution in [-0.2, 0) is 4.79 Å². The van der Waals surface area contributed by atoms with Gasteiger partial charge in [0.25, 0.3) is 11.6 Å². The second-order valence-electron chi connectivity index (χ2n) is 5.00. The Bertz CT molecular complexity index is 808. The zero-order valence-corrected chi connectivity index (χ0v) is 12.7. The molecule has 0 radical (unpaired) electrons. The molecule has 2 rings (SSSR count). The zero-order chi connectivity index (χ0) is 17.7. The van der Waals surface area contributed by atoms with E-state index in [0.717, 1.165) is 12.1 Å². The van der Waals surface area contributed by atoms with E-state index in [0.29, 0.717) is 5.56 Å². The van der Waals surface area contributed by atoms with Gasteiger partial charge in [-0.2, -0.15) is 0 Å². The molecule has 7 nitrogen and oxygen atoms in total. The molecule has 0 fully saturated rings. The van der Waals surface area contributed by atoms with Crippen molar-refractivity contribution in [3.05, 3.63) is 69.5 Å². The number of aryl methyl sites for hydroxylation is 1. The van der Waals surface area contributed by atoms with E-state index in [9.17, 15) is 24.1 Å². The van der Waals surface area contributed by atoms with Crippen molar-refractivity contribution in [2.75, 3.05) is 11.9 Å². The van der Waals surface area contributed by atoms with Crippen LogP contribution in [0.25, 0.3) is 0 Å². The normalized spacial score (nSPS) is 10.1. The number of nitro groups is 1. The van der Waals surface area contributed by atoms with Crippen molar-refractivity contribution in [3.8, 4) is 0 Å². The summed E-state index contributed by atoms with van der Waals surface area (Å²) < 4.78 is 13.0. The maximum atomic E-state index is 13.0. The monoisotopic (exact) mass is 331 g/mol. The Labute approximate surface area is 136 Å². The summed E-state index contributed by atoms with van der Waals surface area (Å²) in [6.45, 7) is 1.21. The van der Waals surface area contributed by atoms with E-state index < -0.39 is 22.6 Å². The molecular weight excluding hydrogens is 317 g/mol. The third-order valence-electron chi connectivity index (χ3n) is 3.19. The van der Waals surface area contributed by atoms with Gasteiger partial charge in [-0.25, -0.2) is 4.39 Å². The maximum Gasteiger partial charge on any atom is 0.273 e. The first-order chi connectivity index (χ1) is 11.4. The minimum absolute atomic E-state index is 0.0749. The van der Waals surface area contributed by atoms with Crippen molar-refractivity contribution in [1.82, 2.24) is 5.32 Å². The first kappa shape index (κ1) is 17.1. The van der Waals surface area contributed by atoms with Gasteiger partial charge < -0.3 is 10.6 Å². The van der Waals surface area contributed by atoms with E-state index in [-0.39, 0.29) is 23.5 Å². The first-order valence-corrected chi connectivity index (χ1v) is 6.95. The Hall–Kier alpha value is -3.29. The van der Waals surface area contributed by atoms with Gasteiger partial charge in [0, 0.05) is 22.9 Å². The molecular formula is C16H14FN3O4. The summed E-state index contributed by atoms with van der Waals surface area (Å²) in [6.07, 6.45) is 0. The van der Waals surface area contributed by atoms with Crippen molar-refractivity contribution in [2.24, 2.45) is 0 Å². The van der Waals surface area contributed by atoms with Crippen molar-refractivity contribution >= 4 is 23.2 Å². The average Bonchev–Trinajstić information content (AvgIpc) is 2.52. The van der Waals surface area contributed by atoms with Crippen molar-refractivity contribution in [3.63, 3.8) is 0 Å². The highest BCUT2D eigenvalue weighted by Crippen LogP contribution is 2.19. The average molecular weight is 331 g/mol. The van der Waals surface area contributed by atoms with Gasteiger partial charge in [-0.05, 0) is 31.2 Å². The standard InChI is InChI=1S/C16H14FN3O4/c1-10-5-6-11(7-14(10)20(23)24)16(22)18-9-15(21)19-13-4-2-3-12(17)8-13/h2-8H,9H2,1H3,(H,18,22)(H,19,21). The quantitative estimate of drug-likeness (QED) is 0.649. The van der Waals surface area contributed by atoms with E-state index in [4.69, 9.17) is 0 Å². The van der Waals surface area contributed by atoms with Gasteiger partial charge in [0.1, 0.15) is 5.82 Å². The van der Waals surface area contributed by atoms with E-state index in [1.807, 2.05) is 0 Å². The molecule has 2 amide bonds. The summed E-state index contributed by atoms with van der Waals surface area (Å²) in [4.78, 5) is 34.0. The second kappa shape index (κ2) is 7.32. The van der Waals surface area contributed by atoms with Crippen LogP contribution >= 0.6 is 0 Å². The fourth-order valence-corrected chi connectivity index (χ4v) is 1.98. The van der Waals surface area contributed by atoms with Crippen LogP contribution in [0.1, 0.15) is 15.9 Å². The number of halogens is 1. The van der Waals surface area contributed by atoms with Crippen molar-refractivity contribution in [1.29, 1.82) is 0 Å². The molecule has 0 saturated carbocycles. The fourth-order valence-electron chi connectivity index (χ4n) is 1.98. The van der Waals surface area contributed by atoms with E-state index in [2.05, 4.69) is 10.6 Å². The summed E-state index contributed by atoms with van der Waals surface area (Å²) in [6, 6.07) is 9.36. The van der Waals surface area contributed by atoms with E-state index in [1.54, 1.807) is 6.92 Å². The molecule has 2 aromatic rings. The SMILES string of the molecule is Cc1ccc(C(=O)NCC(=O)Nc2cccc(F)c2)cc1[N+](=O)[O-]. The Morgan fingerprint density at radius 2 is 1.96 bits per heavy atom. The number of amides is 2. The molecule has 0 atom stereocenters. The lowest BCUT2D eigenvalue weighted by Crippen LogP contribution is -2.32.